The number of carbonyl (C=O) groups is 4. The molecule has 2 N–H and O–H groups in total. The molecule has 46 heavy (non-hydrogen) atoms. The molecule has 3 fully saturated rings. The quantitative estimate of drug-likeness (QED) is 0.109. The number of carbonyl (C=O) groups excluding carboxylic acids is 4. The van der Waals surface area contributed by atoms with Gasteiger partial charge < -0.3 is 29.7 Å². The molecule has 2 bridgehead atoms. The number of esters is 1. The summed E-state index contributed by atoms with van der Waals surface area (Å²) in [7, 11) is 0. The molecule has 10 nitrogen and oxygen atoms in total. The summed E-state index contributed by atoms with van der Waals surface area (Å²) >= 11 is 3.70. The van der Waals surface area contributed by atoms with Crippen molar-refractivity contribution in [2.45, 2.75) is 100 Å². The summed E-state index contributed by atoms with van der Waals surface area (Å²) in [6, 6.07) is 6.86. The summed E-state index contributed by atoms with van der Waals surface area (Å²) in [6.45, 7) is 13.5. The lowest BCUT2D eigenvalue weighted by molar-refractivity contribution is -0.162. The van der Waals surface area contributed by atoms with Crippen molar-refractivity contribution in [3.8, 4) is 0 Å². The number of likely N-dealkylation sites (tertiary alicyclic amines) is 1. The van der Waals surface area contributed by atoms with Crippen LogP contribution in [0.25, 0.3) is 0 Å². The molecule has 0 aromatic heterocycles. The van der Waals surface area contributed by atoms with E-state index in [0.29, 0.717) is 31.5 Å². The molecule has 4 rings (SSSR count). The van der Waals surface area contributed by atoms with E-state index in [1.54, 1.807) is 30.9 Å². The fourth-order valence-corrected chi connectivity index (χ4v) is 8.23. The molecule has 0 saturated carbocycles. The van der Waals surface area contributed by atoms with Crippen LogP contribution >= 0.6 is 15.9 Å². The molecule has 252 valence electrons. The Kier molecular flexibility index (Phi) is 12.2. The van der Waals surface area contributed by atoms with E-state index in [9.17, 15) is 24.3 Å². The van der Waals surface area contributed by atoms with Crippen LogP contribution in [0.4, 0.5) is 0 Å². The Labute approximate surface area is 280 Å². The molecule has 0 aliphatic carbocycles. The van der Waals surface area contributed by atoms with Crippen molar-refractivity contribution >= 4 is 39.6 Å². The van der Waals surface area contributed by atoms with Crippen molar-refractivity contribution in [1.29, 1.82) is 0 Å². The zero-order chi connectivity index (χ0) is 33.6. The topological polar surface area (TPSA) is 125 Å². The molecule has 9 atom stereocenters. The van der Waals surface area contributed by atoms with E-state index in [1.165, 1.54) is 4.90 Å². The number of fused-ring (bicyclic) bond motifs is 1. The Hall–Kier alpha value is -3.02. The Balaban J connectivity index is 1.68. The lowest BCUT2D eigenvalue weighted by atomic mass is 9.70. The highest BCUT2D eigenvalue weighted by atomic mass is 79.9. The highest BCUT2D eigenvalue weighted by Crippen LogP contribution is 2.61. The van der Waals surface area contributed by atoms with E-state index < -0.39 is 59.6 Å². The maximum Gasteiger partial charge on any atom is 0.313 e. The fraction of sp³-hybridized carbons (Fsp3) is 0.600. The van der Waals surface area contributed by atoms with Gasteiger partial charge in [0.2, 0.25) is 17.7 Å². The van der Waals surface area contributed by atoms with Crippen LogP contribution in [-0.4, -0.2) is 93.0 Å². The van der Waals surface area contributed by atoms with Crippen molar-refractivity contribution in [3.63, 3.8) is 0 Å². The van der Waals surface area contributed by atoms with E-state index in [2.05, 4.69) is 41.3 Å². The molecule has 1 spiro atoms. The number of benzene rings is 1. The Morgan fingerprint density at radius 3 is 2.57 bits per heavy atom. The number of aliphatic hydroxyl groups excluding tert-OH is 1. The van der Waals surface area contributed by atoms with Crippen LogP contribution in [0.3, 0.4) is 0 Å². The van der Waals surface area contributed by atoms with Gasteiger partial charge in [0.25, 0.3) is 0 Å². The van der Waals surface area contributed by atoms with Crippen molar-refractivity contribution in [3.05, 3.63) is 61.2 Å². The number of hydrogen-bond donors (Lipinski definition) is 2. The summed E-state index contributed by atoms with van der Waals surface area (Å²) in [5.74, 6) is -3.49. The first-order valence-electron chi connectivity index (χ1n) is 16.4. The first kappa shape index (κ1) is 35.8. The smallest absolute Gasteiger partial charge is 0.313 e. The molecular formula is C35H48BrN3O7. The second-order valence-corrected chi connectivity index (χ2v) is 13.8. The highest BCUT2D eigenvalue weighted by molar-refractivity contribution is 9.09. The van der Waals surface area contributed by atoms with Gasteiger partial charge in [0.1, 0.15) is 17.7 Å². The first-order valence-corrected chi connectivity index (χ1v) is 17.3. The van der Waals surface area contributed by atoms with Gasteiger partial charge in [0, 0.05) is 24.3 Å². The van der Waals surface area contributed by atoms with Crippen LogP contribution in [0.1, 0.15) is 71.0 Å². The summed E-state index contributed by atoms with van der Waals surface area (Å²) in [5.41, 5.74) is -0.591. The van der Waals surface area contributed by atoms with Crippen molar-refractivity contribution in [2.75, 3.05) is 19.7 Å². The average molecular weight is 703 g/mol. The number of nitrogens with one attached hydrogen (secondary N) is 1. The Morgan fingerprint density at radius 1 is 1.22 bits per heavy atom. The van der Waals surface area contributed by atoms with Gasteiger partial charge >= 0.3 is 5.97 Å². The fourth-order valence-electron chi connectivity index (χ4n) is 7.29. The van der Waals surface area contributed by atoms with Crippen molar-refractivity contribution in [1.82, 2.24) is 15.1 Å². The molecule has 0 radical (unpaired) electrons. The molecule has 1 aromatic carbocycles. The van der Waals surface area contributed by atoms with Gasteiger partial charge in [-0.2, -0.15) is 0 Å². The number of allylic oxidation sites excluding steroid dienone is 1. The maximum absolute atomic E-state index is 14.4. The molecule has 3 saturated heterocycles. The molecule has 1 unspecified atom stereocenters. The number of ether oxygens (including phenoxy) is 2. The second-order valence-electron chi connectivity index (χ2n) is 12.7. The van der Waals surface area contributed by atoms with Crippen molar-refractivity contribution in [2.24, 2.45) is 11.8 Å². The lowest BCUT2D eigenvalue weighted by Gasteiger charge is -2.38. The van der Waals surface area contributed by atoms with E-state index in [4.69, 9.17) is 9.47 Å². The third-order valence-electron chi connectivity index (χ3n) is 9.45. The standard InChI is InChI=1S/C35H48BrN3O7/c1-6-9-14-19-38(18-8-3)33(43)31-35-20-25(36)30(46-35)27(28(35)32(42)39(31)22(4)21-40)34(44)45-29(24-15-12-11-13-16-24)23(5)37-26(41)17-10-7-2/h7-8,11-13,15-16,22-23,25,27-31,40H,2-3,6,9-10,14,17-21H2,1,4-5H3,(H,37,41)/t22-,23-,25?,27+,28-,29-,30+,31+,35-/m1/s1. The van der Waals surface area contributed by atoms with E-state index in [1.807, 2.05) is 30.3 Å². The monoisotopic (exact) mass is 701 g/mol. The van der Waals surface area contributed by atoms with E-state index >= 15 is 0 Å². The second kappa shape index (κ2) is 15.7. The SMILES string of the molecule is C=CCCC(=O)N[C@H](C)[C@@H](OC(=O)[C@@H]1[C@H]2O[C@@]3(CC2Br)[C@H](C(=O)N(CC=C)CCCCC)N([C@H](C)CO)C(=O)[C@@H]13)c1ccccc1. The average Bonchev–Trinajstić information content (AvgIpc) is 3.65. The molecule has 1 aromatic rings. The molecule has 3 amide bonds. The maximum atomic E-state index is 14.4. The van der Waals surface area contributed by atoms with Gasteiger partial charge in [0.05, 0.1) is 36.6 Å². The summed E-state index contributed by atoms with van der Waals surface area (Å²) in [5, 5.41) is 13.1. The number of alkyl halides is 1. The predicted octanol–water partition coefficient (Wildman–Crippen LogP) is 4.08. The summed E-state index contributed by atoms with van der Waals surface area (Å²) < 4.78 is 12.8. The number of halogens is 1. The minimum absolute atomic E-state index is 0.198. The number of nitrogens with zero attached hydrogens (tertiary/aromatic N) is 2. The Morgan fingerprint density at radius 2 is 1.93 bits per heavy atom. The van der Waals surface area contributed by atoms with Crippen LogP contribution < -0.4 is 5.32 Å². The Bertz CT molecular complexity index is 1280. The van der Waals surface area contributed by atoms with Crippen LogP contribution in [0.2, 0.25) is 0 Å². The van der Waals surface area contributed by atoms with Gasteiger partial charge in [-0.15, -0.1) is 13.2 Å². The van der Waals surface area contributed by atoms with Crippen LogP contribution in [0.15, 0.2) is 55.6 Å². The normalized spacial score (nSPS) is 28.2. The number of hydrogen-bond acceptors (Lipinski definition) is 7. The van der Waals surface area contributed by atoms with E-state index in [-0.39, 0.29) is 29.7 Å². The highest BCUT2D eigenvalue weighted by Gasteiger charge is 2.77. The van der Waals surface area contributed by atoms with Gasteiger partial charge in [0.15, 0.2) is 0 Å². The lowest BCUT2D eigenvalue weighted by Crippen LogP contribution is -2.58. The molecule has 3 aliphatic heterocycles. The van der Waals surface area contributed by atoms with Crippen LogP contribution in [0, 0.1) is 11.8 Å². The van der Waals surface area contributed by atoms with Gasteiger partial charge in [-0.25, -0.2) is 0 Å². The molecule has 3 aliphatic rings. The zero-order valence-corrected chi connectivity index (χ0v) is 28.7. The van der Waals surface area contributed by atoms with Crippen LogP contribution in [-0.2, 0) is 28.7 Å². The molecule has 11 heteroatoms. The molecule has 3 heterocycles. The van der Waals surface area contributed by atoms with E-state index in [0.717, 1.165) is 19.3 Å². The predicted molar refractivity (Wildman–Crippen MR) is 178 cm³/mol. The first-order chi connectivity index (χ1) is 22.1. The number of aliphatic hydroxyl groups is 1. The largest absolute Gasteiger partial charge is 0.455 e. The van der Waals surface area contributed by atoms with Gasteiger partial charge in [-0.1, -0.05) is 78.2 Å². The molecular weight excluding hydrogens is 654 g/mol. The van der Waals surface area contributed by atoms with Gasteiger partial charge in [-0.3, -0.25) is 19.2 Å². The minimum atomic E-state index is -1.28. The minimum Gasteiger partial charge on any atom is -0.455 e. The third kappa shape index (κ3) is 6.96. The zero-order valence-electron chi connectivity index (χ0n) is 27.1. The van der Waals surface area contributed by atoms with Crippen molar-refractivity contribution < 1.29 is 33.8 Å². The summed E-state index contributed by atoms with van der Waals surface area (Å²) in [4.78, 5) is 58.4. The summed E-state index contributed by atoms with van der Waals surface area (Å²) in [6.07, 6.45) is 5.62. The third-order valence-corrected chi connectivity index (χ3v) is 10.3. The van der Waals surface area contributed by atoms with Crippen LogP contribution in [0.5, 0.6) is 0 Å². The number of rotatable bonds is 17. The van der Waals surface area contributed by atoms with Gasteiger partial charge in [-0.05, 0) is 38.7 Å². The number of amides is 3. The number of unbranched alkanes of at least 4 members (excludes halogenated alkanes) is 2.